The average molecular weight is 509 g/mol. The smallest absolute Gasteiger partial charge is 0.162 e. The largest absolute Gasteiger partial charge is 0.496 e. The molecule has 0 unspecified atom stereocenters. The number of para-hydroxylation sites is 1. The summed E-state index contributed by atoms with van der Waals surface area (Å²) >= 11 is 9.73. The molecule has 0 aliphatic heterocycles. The molecule has 0 aromatic heterocycles. The van der Waals surface area contributed by atoms with Gasteiger partial charge in [-0.25, -0.2) is 4.39 Å². The SMILES string of the molecule is CCOc1cc(CNCc2ccccc2OC)c(Br)cc1OCc1ccc(F)cc1Cl. The van der Waals surface area contributed by atoms with Crippen LogP contribution in [0.25, 0.3) is 0 Å². The van der Waals surface area contributed by atoms with E-state index in [0.717, 1.165) is 21.3 Å². The highest BCUT2D eigenvalue weighted by Crippen LogP contribution is 2.35. The normalized spacial score (nSPS) is 10.7. The van der Waals surface area contributed by atoms with Gasteiger partial charge >= 0.3 is 0 Å². The average Bonchev–Trinajstić information content (AvgIpc) is 2.76. The number of hydrogen-bond acceptors (Lipinski definition) is 4. The highest BCUT2D eigenvalue weighted by atomic mass is 79.9. The third-order valence-electron chi connectivity index (χ3n) is 4.63. The molecule has 0 aliphatic rings. The van der Waals surface area contributed by atoms with Crippen molar-refractivity contribution >= 4 is 27.5 Å². The fourth-order valence-corrected chi connectivity index (χ4v) is 3.75. The lowest BCUT2D eigenvalue weighted by molar-refractivity contribution is 0.268. The molecule has 0 spiro atoms. The number of nitrogens with one attached hydrogen (secondary N) is 1. The van der Waals surface area contributed by atoms with Crippen molar-refractivity contribution in [2.45, 2.75) is 26.6 Å². The maximum Gasteiger partial charge on any atom is 0.162 e. The van der Waals surface area contributed by atoms with Crippen LogP contribution in [0.2, 0.25) is 5.02 Å². The Balaban J connectivity index is 1.70. The Morgan fingerprint density at radius 3 is 2.39 bits per heavy atom. The van der Waals surface area contributed by atoms with Gasteiger partial charge in [0.2, 0.25) is 0 Å². The summed E-state index contributed by atoms with van der Waals surface area (Å²) in [5.74, 6) is 1.70. The van der Waals surface area contributed by atoms with Gasteiger partial charge in [-0.15, -0.1) is 0 Å². The van der Waals surface area contributed by atoms with Crippen molar-refractivity contribution in [3.8, 4) is 17.2 Å². The number of rotatable bonds is 10. The molecule has 0 aliphatic carbocycles. The van der Waals surface area contributed by atoms with Gasteiger partial charge in [0.25, 0.3) is 0 Å². The topological polar surface area (TPSA) is 39.7 Å². The van der Waals surface area contributed by atoms with Gasteiger partial charge in [-0.1, -0.05) is 51.8 Å². The second kappa shape index (κ2) is 11.4. The summed E-state index contributed by atoms with van der Waals surface area (Å²) in [6.07, 6.45) is 0. The van der Waals surface area contributed by atoms with E-state index < -0.39 is 0 Å². The zero-order valence-electron chi connectivity index (χ0n) is 17.4. The van der Waals surface area contributed by atoms with Crippen LogP contribution >= 0.6 is 27.5 Å². The van der Waals surface area contributed by atoms with Crippen molar-refractivity contribution in [1.82, 2.24) is 5.32 Å². The van der Waals surface area contributed by atoms with E-state index in [2.05, 4.69) is 21.2 Å². The van der Waals surface area contributed by atoms with E-state index >= 15 is 0 Å². The minimum absolute atomic E-state index is 0.205. The molecule has 4 nitrogen and oxygen atoms in total. The lowest BCUT2D eigenvalue weighted by Crippen LogP contribution is -2.14. The van der Waals surface area contributed by atoms with Crippen molar-refractivity contribution in [3.05, 3.63) is 86.6 Å². The predicted octanol–water partition coefficient (Wildman–Crippen LogP) is 6.52. The lowest BCUT2D eigenvalue weighted by Gasteiger charge is -2.16. The fourth-order valence-electron chi connectivity index (χ4n) is 3.07. The Morgan fingerprint density at radius 1 is 0.903 bits per heavy atom. The number of ether oxygens (including phenoxy) is 3. The number of methoxy groups -OCH3 is 1. The van der Waals surface area contributed by atoms with Crippen LogP contribution in [0.5, 0.6) is 17.2 Å². The third kappa shape index (κ3) is 6.35. The second-order valence-corrected chi connectivity index (χ2v) is 8.02. The van der Waals surface area contributed by atoms with Gasteiger partial charge in [-0.05, 0) is 42.8 Å². The molecule has 0 bridgehead atoms. The van der Waals surface area contributed by atoms with Gasteiger partial charge in [0.15, 0.2) is 11.5 Å². The van der Waals surface area contributed by atoms with Gasteiger partial charge in [0, 0.05) is 28.7 Å². The summed E-state index contributed by atoms with van der Waals surface area (Å²) in [7, 11) is 1.67. The molecule has 31 heavy (non-hydrogen) atoms. The van der Waals surface area contributed by atoms with E-state index in [-0.39, 0.29) is 12.4 Å². The van der Waals surface area contributed by atoms with E-state index in [9.17, 15) is 4.39 Å². The molecular weight excluding hydrogens is 485 g/mol. The van der Waals surface area contributed by atoms with Crippen molar-refractivity contribution < 1.29 is 18.6 Å². The molecule has 0 amide bonds. The minimum Gasteiger partial charge on any atom is -0.496 e. The molecule has 164 valence electrons. The maximum atomic E-state index is 13.3. The van der Waals surface area contributed by atoms with E-state index in [0.29, 0.717) is 41.8 Å². The summed E-state index contributed by atoms with van der Waals surface area (Å²) in [5.41, 5.74) is 2.82. The van der Waals surface area contributed by atoms with Crippen LogP contribution in [0.3, 0.4) is 0 Å². The fraction of sp³-hybridized carbons (Fsp3) is 0.250. The summed E-state index contributed by atoms with van der Waals surface area (Å²) < 4.78 is 31.3. The van der Waals surface area contributed by atoms with Crippen LogP contribution in [0, 0.1) is 5.82 Å². The first-order valence-corrected chi connectivity index (χ1v) is 11.0. The van der Waals surface area contributed by atoms with Crippen LogP contribution in [-0.4, -0.2) is 13.7 Å². The predicted molar refractivity (Wildman–Crippen MR) is 125 cm³/mol. The zero-order chi connectivity index (χ0) is 22.2. The van der Waals surface area contributed by atoms with E-state index in [1.54, 1.807) is 13.2 Å². The van der Waals surface area contributed by atoms with Gasteiger partial charge in [-0.3, -0.25) is 0 Å². The Morgan fingerprint density at radius 2 is 1.65 bits per heavy atom. The van der Waals surface area contributed by atoms with Gasteiger partial charge < -0.3 is 19.5 Å². The van der Waals surface area contributed by atoms with Crippen LogP contribution in [-0.2, 0) is 19.7 Å². The number of hydrogen-bond donors (Lipinski definition) is 1. The summed E-state index contributed by atoms with van der Waals surface area (Å²) in [6.45, 7) is 3.92. The monoisotopic (exact) mass is 507 g/mol. The second-order valence-electron chi connectivity index (χ2n) is 6.76. The first-order valence-electron chi connectivity index (χ1n) is 9.86. The quantitative estimate of drug-likeness (QED) is 0.338. The molecule has 7 heteroatoms. The van der Waals surface area contributed by atoms with Gasteiger partial charge in [0.05, 0.1) is 18.7 Å². The summed E-state index contributed by atoms with van der Waals surface area (Å²) in [5, 5.41) is 3.76. The van der Waals surface area contributed by atoms with Crippen molar-refractivity contribution in [2.75, 3.05) is 13.7 Å². The van der Waals surface area contributed by atoms with E-state index in [4.69, 9.17) is 25.8 Å². The van der Waals surface area contributed by atoms with Gasteiger partial charge in [0.1, 0.15) is 18.2 Å². The summed E-state index contributed by atoms with van der Waals surface area (Å²) in [4.78, 5) is 0. The van der Waals surface area contributed by atoms with Crippen molar-refractivity contribution in [1.29, 1.82) is 0 Å². The lowest BCUT2D eigenvalue weighted by atomic mass is 10.1. The Hall–Kier alpha value is -2.28. The molecule has 0 saturated carbocycles. The number of halogens is 3. The molecule has 1 N–H and O–H groups in total. The molecule has 0 atom stereocenters. The molecular formula is C24H24BrClFNO3. The molecule has 0 radical (unpaired) electrons. The first kappa shape index (κ1) is 23.4. The van der Waals surface area contributed by atoms with Crippen molar-refractivity contribution in [3.63, 3.8) is 0 Å². The summed E-state index contributed by atoms with van der Waals surface area (Å²) in [6, 6.07) is 16.0. The molecule has 3 rings (SSSR count). The molecule has 3 aromatic carbocycles. The molecule has 0 fully saturated rings. The van der Waals surface area contributed by atoms with Crippen molar-refractivity contribution in [2.24, 2.45) is 0 Å². The van der Waals surface area contributed by atoms with Crippen LogP contribution in [0.4, 0.5) is 4.39 Å². The third-order valence-corrected chi connectivity index (χ3v) is 5.72. The highest BCUT2D eigenvalue weighted by Gasteiger charge is 2.13. The maximum absolute atomic E-state index is 13.3. The Labute approximate surface area is 195 Å². The standard InChI is InChI=1S/C24H24BrClFNO3/c1-3-30-23-10-18(14-28-13-16-6-4-5-7-22(16)29-2)20(25)12-24(23)31-15-17-8-9-19(27)11-21(17)26/h4-12,28H,3,13-15H2,1-2H3. The Bertz CT molecular complexity index is 1030. The number of benzene rings is 3. The van der Waals surface area contributed by atoms with E-state index in [1.165, 1.54) is 12.1 Å². The molecule has 3 aromatic rings. The zero-order valence-corrected chi connectivity index (χ0v) is 19.7. The van der Waals surface area contributed by atoms with Crippen LogP contribution in [0.1, 0.15) is 23.6 Å². The molecule has 0 heterocycles. The van der Waals surface area contributed by atoms with Gasteiger partial charge in [-0.2, -0.15) is 0 Å². The minimum atomic E-state index is -0.378. The highest BCUT2D eigenvalue weighted by molar-refractivity contribution is 9.10. The van der Waals surface area contributed by atoms with Crippen LogP contribution < -0.4 is 19.5 Å². The van der Waals surface area contributed by atoms with Crippen LogP contribution in [0.15, 0.2) is 59.1 Å². The first-order chi connectivity index (χ1) is 15.0. The Kier molecular flexibility index (Phi) is 8.58. The van der Waals surface area contributed by atoms with E-state index in [1.807, 2.05) is 43.3 Å². The molecule has 0 saturated heterocycles.